The van der Waals surface area contributed by atoms with Gasteiger partial charge in [0.1, 0.15) is 12.2 Å². The molecule has 1 fully saturated rings. The Kier molecular flexibility index (Phi) is 5.91. The molecule has 5 rings (SSSR count). The molecule has 1 aliphatic carbocycles. The van der Waals surface area contributed by atoms with Gasteiger partial charge in [-0.25, -0.2) is 4.79 Å². The molecule has 184 valence electrons. The Labute approximate surface area is 204 Å². The minimum atomic E-state index is -0.854. The van der Waals surface area contributed by atoms with Gasteiger partial charge < -0.3 is 19.2 Å². The van der Waals surface area contributed by atoms with Crippen LogP contribution in [0.15, 0.2) is 56.2 Å². The Morgan fingerprint density at radius 1 is 1.20 bits per heavy atom. The van der Waals surface area contributed by atoms with E-state index < -0.39 is 11.9 Å². The van der Waals surface area contributed by atoms with Crippen molar-refractivity contribution < 1.29 is 23.5 Å². The maximum absolute atomic E-state index is 13.7. The molecule has 0 unspecified atom stereocenters. The van der Waals surface area contributed by atoms with E-state index in [9.17, 15) is 14.4 Å². The Morgan fingerprint density at radius 3 is 2.74 bits per heavy atom. The molecule has 35 heavy (non-hydrogen) atoms. The summed E-state index contributed by atoms with van der Waals surface area (Å²) in [6, 6.07) is 5.41. The van der Waals surface area contributed by atoms with Crippen LogP contribution in [0.2, 0.25) is 0 Å². The van der Waals surface area contributed by atoms with Crippen LogP contribution in [0.4, 0.5) is 0 Å². The monoisotopic (exact) mass is 477 g/mol. The highest BCUT2D eigenvalue weighted by atomic mass is 16.6. The number of carbonyl (C=O) groups excluding carboxylic acids is 2. The van der Waals surface area contributed by atoms with Gasteiger partial charge in [-0.1, -0.05) is 25.5 Å². The van der Waals surface area contributed by atoms with Crippen molar-refractivity contribution in [3.8, 4) is 0 Å². The number of allylic oxidation sites excluding steroid dienone is 3. The third kappa shape index (κ3) is 4.33. The van der Waals surface area contributed by atoms with Gasteiger partial charge in [-0.3, -0.25) is 9.59 Å². The summed E-state index contributed by atoms with van der Waals surface area (Å²) in [6.07, 6.45) is 4.01. The van der Waals surface area contributed by atoms with Crippen LogP contribution in [-0.2, 0) is 19.1 Å². The Balaban J connectivity index is 1.63. The van der Waals surface area contributed by atoms with E-state index >= 15 is 0 Å². The summed E-state index contributed by atoms with van der Waals surface area (Å²) in [6.45, 7) is 8.58. The first-order valence-electron chi connectivity index (χ1n) is 12.2. The lowest BCUT2D eigenvalue weighted by Gasteiger charge is -2.39. The number of aryl methyl sites for hydroxylation is 1. The van der Waals surface area contributed by atoms with Gasteiger partial charge in [0.2, 0.25) is 0 Å². The molecule has 3 aliphatic rings. The smallest absolute Gasteiger partial charge is 0.336 e. The lowest BCUT2D eigenvalue weighted by Crippen LogP contribution is -2.40. The first-order chi connectivity index (χ1) is 16.6. The van der Waals surface area contributed by atoms with E-state index in [2.05, 4.69) is 5.32 Å². The molecule has 1 N–H and O–H groups in total. The fourth-order valence-electron chi connectivity index (χ4n) is 5.50. The van der Waals surface area contributed by atoms with E-state index in [1.807, 2.05) is 26.8 Å². The van der Waals surface area contributed by atoms with Crippen molar-refractivity contribution in [3.05, 3.63) is 68.4 Å². The van der Waals surface area contributed by atoms with Gasteiger partial charge in [0.25, 0.3) is 0 Å². The van der Waals surface area contributed by atoms with Crippen molar-refractivity contribution in [1.82, 2.24) is 5.32 Å². The maximum atomic E-state index is 13.7. The summed E-state index contributed by atoms with van der Waals surface area (Å²) in [7, 11) is 0. The van der Waals surface area contributed by atoms with Gasteiger partial charge >= 0.3 is 5.97 Å². The average Bonchev–Trinajstić information content (AvgIpc) is 3.30. The van der Waals surface area contributed by atoms with Crippen LogP contribution >= 0.6 is 0 Å². The van der Waals surface area contributed by atoms with Crippen molar-refractivity contribution in [2.45, 2.75) is 65.4 Å². The molecule has 2 atom stereocenters. The lowest BCUT2D eigenvalue weighted by atomic mass is 9.68. The fourth-order valence-corrected chi connectivity index (χ4v) is 5.50. The van der Waals surface area contributed by atoms with E-state index in [1.54, 1.807) is 19.1 Å². The molecule has 0 saturated carbocycles. The third-order valence-corrected chi connectivity index (χ3v) is 7.15. The Morgan fingerprint density at radius 2 is 2.00 bits per heavy atom. The number of fused-ring (bicyclic) bond motifs is 1. The van der Waals surface area contributed by atoms with Gasteiger partial charge in [0.05, 0.1) is 29.2 Å². The Hall–Kier alpha value is -3.19. The molecule has 1 aromatic carbocycles. The predicted octanol–water partition coefficient (Wildman–Crippen LogP) is 4.43. The highest BCUT2D eigenvalue weighted by Crippen LogP contribution is 2.46. The van der Waals surface area contributed by atoms with Crippen molar-refractivity contribution in [1.29, 1.82) is 0 Å². The van der Waals surface area contributed by atoms with E-state index in [1.165, 1.54) is 6.26 Å². The maximum Gasteiger partial charge on any atom is 0.336 e. The van der Waals surface area contributed by atoms with Crippen LogP contribution < -0.4 is 10.7 Å². The van der Waals surface area contributed by atoms with E-state index in [0.717, 1.165) is 24.1 Å². The molecular weight excluding hydrogens is 446 g/mol. The second-order valence-corrected chi connectivity index (χ2v) is 10.7. The molecule has 0 radical (unpaired) electrons. The van der Waals surface area contributed by atoms with Crippen molar-refractivity contribution >= 4 is 22.7 Å². The number of ether oxygens (including phenoxy) is 2. The zero-order valence-electron chi connectivity index (χ0n) is 20.7. The number of dihydropyridines is 1. The molecule has 0 amide bonds. The van der Waals surface area contributed by atoms with Crippen LogP contribution in [0.25, 0.3) is 11.0 Å². The second-order valence-electron chi connectivity index (χ2n) is 10.7. The third-order valence-electron chi connectivity index (χ3n) is 7.15. The number of nitrogens with one attached hydrogen (secondary N) is 1. The molecule has 3 heterocycles. The number of benzene rings is 1. The van der Waals surface area contributed by atoms with Crippen LogP contribution in [0.3, 0.4) is 0 Å². The number of carbonyl (C=O) groups is 2. The summed E-state index contributed by atoms with van der Waals surface area (Å²) in [5.74, 6) is -1.48. The zero-order chi connectivity index (χ0) is 24.9. The first kappa shape index (κ1) is 23.5. The predicted molar refractivity (Wildman–Crippen MR) is 131 cm³/mol. The molecular formula is C28H31NO6. The number of hydrogen-bond donors (Lipinski definition) is 1. The van der Waals surface area contributed by atoms with Crippen LogP contribution in [0.5, 0.6) is 0 Å². The molecule has 1 saturated heterocycles. The van der Waals surface area contributed by atoms with E-state index in [4.69, 9.17) is 13.9 Å². The SMILES string of the molecule is CC1=C(C(=O)OC[C@@H]2CCCO2)[C@@H](c2coc3ccc(C)cc3c2=O)C2=C(CC(C)(C)CC2=O)N1. The molecule has 7 heteroatoms. The van der Waals surface area contributed by atoms with Gasteiger partial charge in [0, 0.05) is 35.6 Å². The van der Waals surface area contributed by atoms with Crippen LogP contribution in [-0.4, -0.2) is 31.1 Å². The highest BCUT2D eigenvalue weighted by Gasteiger charge is 2.44. The normalized spacial score (nSPS) is 23.9. The van der Waals surface area contributed by atoms with Gasteiger partial charge in [-0.2, -0.15) is 0 Å². The van der Waals surface area contributed by atoms with Crippen molar-refractivity contribution in [3.63, 3.8) is 0 Å². The van der Waals surface area contributed by atoms with Gasteiger partial charge in [0.15, 0.2) is 11.2 Å². The quantitative estimate of drug-likeness (QED) is 0.651. The zero-order valence-corrected chi connectivity index (χ0v) is 20.7. The summed E-state index contributed by atoms with van der Waals surface area (Å²) in [5.41, 5.74) is 3.26. The largest absolute Gasteiger partial charge is 0.464 e. The van der Waals surface area contributed by atoms with Crippen molar-refractivity contribution in [2.24, 2.45) is 5.41 Å². The highest BCUT2D eigenvalue weighted by molar-refractivity contribution is 6.04. The van der Waals surface area contributed by atoms with E-state index in [0.29, 0.717) is 41.7 Å². The molecule has 2 aliphatic heterocycles. The van der Waals surface area contributed by atoms with Crippen molar-refractivity contribution in [2.75, 3.05) is 13.2 Å². The Bertz CT molecular complexity index is 1340. The summed E-state index contributed by atoms with van der Waals surface area (Å²) in [4.78, 5) is 40.6. The topological polar surface area (TPSA) is 94.8 Å². The summed E-state index contributed by atoms with van der Waals surface area (Å²) < 4.78 is 17.1. The minimum absolute atomic E-state index is 0.0746. The standard InChI is InChI=1S/C28H31NO6/c1-15-7-8-22-18(10-15)26(31)19(14-34-22)24-23(27(32)35-13-17-6-5-9-33-17)16(2)29-20-11-28(3,4)12-21(30)25(20)24/h7-8,10,14,17,24,29H,5-6,9,11-13H2,1-4H3/t17-,24+/m0/s1. The number of rotatable bonds is 4. The number of Topliss-reactive ketones (excluding diaryl/α,β-unsaturated/α-hetero) is 1. The summed E-state index contributed by atoms with van der Waals surface area (Å²) in [5, 5.41) is 3.73. The molecule has 7 nitrogen and oxygen atoms in total. The van der Waals surface area contributed by atoms with Crippen LogP contribution in [0, 0.1) is 12.3 Å². The van der Waals surface area contributed by atoms with Gasteiger partial charge in [-0.05, 0) is 50.7 Å². The van der Waals surface area contributed by atoms with E-state index in [-0.39, 0.29) is 40.5 Å². The number of esters is 1. The average molecular weight is 478 g/mol. The second kappa shape index (κ2) is 8.79. The molecule has 1 aromatic heterocycles. The molecule has 0 bridgehead atoms. The molecule has 2 aromatic rings. The summed E-state index contributed by atoms with van der Waals surface area (Å²) >= 11 is 0. The minimum Gasteiger partial charge on any atom is -0.464 e. The van der Waals surface area contributed by atoms with Crippen LogP contribution in [0.1, 0.15) is 63.5 Å². The number of ketones is 1. The van der Waals surface area contributed by atoms with Gasteiger partial charge in [-0.15, -0.1) is 0 Å². The molecule has 0 spiro atoms. The number of hydrogen-bond acceptors (Lipinski definition) is 7. The lowest BCUT2D eigenvalue weighted by molar-refractivity contribution is -0.142. The fraction of sp³-hybridized carbons (Fsp3) is 0.464. The first-order valence-corrected chi connectivity index (χ1v) is 12.2.